The van der Waals surface area contributed by atoms with Gasteiger partial charge in [-0.25, -0.2) is 0 Å². The van der Waals surface area contributed by atoms with Crippen LogP contribution >= 0.6 is 0 Å². The molecule has 1 rings (SSSR count). The van der Waals surface area contributed by atoms with Crippen LogP contribution in [0.15, 0.2) is 24.3 Å². The van der Waals surface area contributed by atoms with E-state index in [-0.39, 0.29) is 6.79 Å². The zero-order valence-electron chi connectivity index (χ0n) is 6.16. The van der Waals surface area contributed by atoms with Crippen molar-refractivity contribution in [1.29, 1.82) is 0 Å². The molecule has 0 unspecified atom stereocenters. The zero-order valence-corrected chi connectivity index (χ0v) is 6.16. The normalized spacial score (nSPS) is 9.91. The topological polar surface area (TPSA) is 55.5 Å². The SMILES string of the molecule is Nc1ccccc1COCO. The van der Waals surface area contributed by atoms with Gasteiger partial charge in [-0.2, -0.15) is 0 Å². The van der Waals surface area contributed by atoms with E-state index in [4.69, 9.17) is 15.6 Å². The van der Waals surface area contributed by atoms with E-state index in [1.165, 1.54) is 0 Å². The van der Waals surface area contributed by atoms with E-state index >= 15 is 0 Å². The predicted octanol–water partition coefficient (Wildman–Crippen LogP) is 0.735. The van der Waals surface area contributed by atoms with Crippen molar-refractivity contribution in [2.24, 2.45) is 0 Å². The largest absolute Gasteiger partial charge is 0.398 e. The summed E-state index contributed by atoms with van der Waals surface area (Å²) in [4.78, 5) is 0. The zero-order chi connectivity index (χ0) is 8.10. The maximum atomic E-state index is 8.36. The van der Waals surface area contributed by atoms with Crippen molar-refractivity contribution < 1.29 is 9.84 Å². The van der Waals surface area contributed by atoms with Gasteiger partial charge in [0, 0.05) is 11.3 Å². The summed E-state index contributed by atoms with van der Waals surface area (Å²) < 4.78 is 4.78. The number of nitrogen functional groups attached to an aromatic ring is 1. The molecule has 0 aromatic heterocycles. The number of rotatable bonds is 3. The van der Waals surface area contributed by atoms with Crippen LogP contribution in [0.1, 0.15) is 5.56 Å². The first-order chi connectivity index (χ1) is 5.34. The van der Waals surface area contributed by atoms with Gasteiger partial charge in [0.05, 0.1) is 6.61 Å². The Morgan fingerprint density at radius 1 is 1.36 bits per heavy atom. The summed E-state index contributed by atoms with van der Waals surface area (Å²) in [6.07, 6.45) is 0. The van der Waals surface area contributed by atoms with Gasteiger partial charge in [-0.15, -0.1) is 0 Å². The van der Waals surface area contributed by atoms with Crippen LogP contribution in [0.3, 0.4) is 0 Å². The third-order valence-corrected chi connectivity index (χ3v) is 1.40. The number of aliphatic hydroxyl groups is 1. The second kappa shape index (κ2) is 3.95. The number of ether oxygens (including phenoxy) is 1. The third-order valence-electron chi connectivity index (χ3n) is 1.40. The molecule has 0 atom stereocenters. The van der Waals surface area contributed by atoms with Crippen LogP contribution in [-0.2, 0) is 11.3 Å². The number of benzene rings is 1. The van der Waals surface area contributed by atoms with Gasteiger partial charge in [0.25, 0.3) is 0 Å². The van der Waals surface area contributed by atoms with Crippen LogP contribution in [0.25, 0.3) is 0 Å². The Kier molecular flexibility index (Phi) is 2.89. The molecule has 0 fully saturated rings. The highest BCUT2D eigenvalue weighted by atomic mass is 16.6. The molecule has 0 saturated heterocycles. The molecule has 0 amide bonds. The molecule has 1 aromatic rings. The molecule has 3 heteroatoms. The standard InChI is InChI=1S/C8H11NO2/c9-8-4-2-1-3-7(8)5-11-6-10/h1-4,10H,5-6,9H2. The Hall–Kier alpha value is -1.06. The minimum atomic E-state index is -0.270. The molecule has 0 spiro atoms. The second-order valence-corrected chi connectivity index (χ2v) is 2.18. The van der Waals surface area contributed by atoms with Crippen LogP contribution in [0.4, 0.5) is 5.69 Å². The van der Waals surface area contributed by atoms with E-state index in [0.29, 0.717) is 12.3 Å². The number of hydrogen-bond donors (Lipinski definition) is 2. The number of para-hydroxylation sites is 1. The summed E-state index contributed by atoms with van der Waals surface area (Å²) in [5, 5.41) is 8.36. The first-order valence-corrected chi connectivity index (χ1v) is 3.36. The quantitative estimate of drug-likeness (QED) is 0.497. The molecule has 0 bridgehead atoms. The van der Waals surface area contributed by atoms with Gasteiger partial charge in [0.1, 0.15) is 6.79 Å². The van der Waals surface area contributed by atoms with Gasteiger partial charge in [-0.3, -0.25) is 0 Å². The minimum absolute atomic E-state index is 0.270. The fourth-order valence-electron chi connectivity index (χ4n) is 0.821. The highest BCUT2D eigenvalue weighted by Gasteiger charge is 1.95. The summed E-state index contributed by atoms with van der Waals surface area (Å²) in [6.45, 7) is 0.0947. The molecule has 3 nitrogen and oxygen atoms in total. The first kappa shape index (κ1) is 8.04. The van der Waals surface area contributed by atoms with Gasteiger partial charge in [0.15, 0.2) is 0 Å². The molecule has 0 aliphatic carbocycles. The number of nitrogens with two attached hydrogens (primary N) is 1. The van der Waals surface area contributed by atoms with Crippen molar-refractivity contribution >= 4 is 5.69 Å². The lowest BCUT2D eigenvalue weighted by Gasteiger charge is -2.03. The lowest BCUT2D eigenvalue weighted by molar-refractivity contribution is -0.0110. The van der Waals surface area contributed by atoms with Gasteiger partial charge < -0.3 is 15.6 Å². The van der Waals surface area contributed by atoms with Crippen molar-refractivity contribution in [3.63, 3.8) is 0 Å². The van der Waals surface area contributed by atoms with Gasteiger partial charge in [-0.05, 0) is 6.07 Å². The van der Waals surface area contributed by atoms with E-state index in [9.17, 15) is 0 Å². The van der Waals surface area contributed by atoms with Crippen LogP contribution < -0.4 is 5.73 Å². The molecule has 0 radical (unpaired) electrons. The van der Waals surface area contributed by atoms with Crippen LogP contribution in [-0.4, -0.2) is 11.9 Å². The summed E-state index contributed by atoms with van der Waals surface area (Å²) in [7, 11) is 0. The van der Waals surface area contributed by atoms with Gasteiger partial charge >= 0.3 is 0 Å². The molecule has 0 saturated carbocycles. The lowest BCUT2D eigenvalue weighted by atomic mass is 10.2. The van der Waals surface area contributed by atoms with Crippen molar-refractivity contribution in [1.82, 2.24) is 0 Å². The highest BCUT2D eigenvalue weighted by molar-refractivity contribution is 5.45. The van der Waals surface area contributed by atoms with Crippen LogP contribution in [0.5, 0.6) is 0 Å². The molecule has 0 aliphatic rings. The number of anilines is 1. The fourth-order valence-corrected chi connectivity index (χ4v) is 0.821. The van der Waals surface area contributed by atoms with E-state index in [0.717, 1.165) is 5.56 Å². The fraction of sp³-hybridized carbons (Fsp3) is 0.250. The van der Waals surface area contributed by atoms with Gasteiger partial charge in [-0.1, -0.05) is 18.2 Å². The molecular weight excluding hydrogens is 142 g/mol. The van der Waals surface area contributed by atoms with Crippen molar-refractivity contribution in [3.8, 4) is 0 Å². The molecule has 0 heterocycles. The monoisotopic (exact) mass is 153 g/mol. The smallest absolute Gasteiger partial charge is 0.144 e. The highest BCUT2D eigenvalue weighted by Crippen LogP contribution is 2.10. The minimum Gasteiger partial charge on any atom is -0.398 e. The Balaban J connectivity index is 2.62. The van der Waals surface area contributed by atoms with E-state index < -0.39 is 0 Å². The molecular formula is C8H11NO2. The first-order valence-electron chi connectivity index (χ1n) is 3.36. The van der Waals surface area contributed by atoms with Crippen molar-refractivity contribution in [2.45, 2.75) is 6.61 Å². The molecule has 3 N–H and O–H groups in total. The van der Waals surface area contributed by atoms with E-state index in [1.807, 2.05) is 18.2 Å². The summed E-state index contributed by atoms with van der Waals surface area (Å²) in [6, 6.07) is 7.41. The van der Waals surface area contributed by atoms with Crippen LogP contribution in [0.2, 0.25) is 0 Å². The Labute approximate surface area is 65.4 Å². The predicted molar refractivity (Wildman–Crippen MR) is 42.7 cm³/mol. The number of hydrogen-bond acceptors (Lipinski definition) is 3. The average Bonchev–Trinajstić information content (AvgIpc) is 2.03. The summed E-state index contributed by atoms with van der Waals surface area (Å²) in [5.41, 5.74) is 7.20. The molecule has 11 heavy (non-hydrogen) atoms. The lowest BCUT2D eigenvalue weighted by Crippen LogP contribution is -1.97. The maximum absolute atomic E-state index is 8.36. The molecule has 0 aliphatic heterocycles. The molecule has 60 valence electrons. The molecule has 1 aromatic carbocycles. The van der Waals surface area contributed by atoms with Crippen molar-refractivity contribution in [3.05, 3.63) is 29.8 Å². The Morgan fingerprint density at radius 3 is 2.73 bits per heavy atom. The summed E-state index contributed by atoms with van der Waals surface area (Å²) in [5.74, 6) is 0. The number of aliphatic hydroxyl groups excluding tert-OH is 1. The van der Waals surface area contributed by atoms with E-state index in [1.54, 1.807) is 6.07 Å². The average molecular weight is 153 g/mol. The third kappa shape index (κ3) is 2.22. The van der Waals surface area contributed by atoms with Crippen LogP contribution in [0, 0.1) is 0 Å². The Bertz CT molecular complexity index is 225. The second-order valence-electron chi connectivity index (χ2n) is 2.18. The van der Waals surface area contributed by atoms with Crippen molar-refractivity contribution in [2.75, 3.05) is 12.5 Å². The summed E-state index contributed by atoms with van der Waals surface area (Å²) >= 11 is 0. The van der Waals surface area contributed by atoms with Gasteiger partial charge in [0.2, 0.25) is 0 Å². The van der Waals surface area contributed by atoms with E-state index in [2.05, 4.69) is 0 Å². The maximum Gasteiger partial charge on any atom is 0.144 e. The Morgan fingerprint density at radius 2 is 2.09 bits per heavy atom.